The van der Waals surface area contributed by atoms with Crippen LogP contribution in [0.15, 0.2) is 182 Å². The third kappa shape index (κ3) is 4.31. The maximum atomic E-state index is 2.40. The smallest absolute Gasteiger partial charge is 0.0540 e. The zero-order chi connectivity index (χ0) is 31.4. The number of nitrogens with zero attached hydrogens (tertiary/aromatic N) is 1. The lowest BCUT2D eigenvalue weighted by molar-refractivity contribution is 0.714. The Balaban J connectivity index is 1.20. The zero-order valence-electron chi connectivity index (χ0n) is 26.3. The predicted molar refractivity (Wildman–Crippen MR) is 199 cm³/mol. The summed E-state index contributed by atoms with van der Waals surface area (Å²) < 4.78 is 0. The monoisotopic (exact) mass is 599 g/mol. The number of hydrogen-bond donors (Lipinski definition) is 0. The van der Waals surface area contributed by atoms with E-state index < -0.39 is 0 Å². The van der Waals surface area contributed by atoms with Gasteiger partial charge in [0.2, 0.25) is 0 Å². The lowest BCUT2D eigenvalue weighted by Crippen LogP contribution is -2.22. The minimum atomic E-state index is -0.218. The van der Waals surface area contributed by atoms with Gasteiger partial charge in [-0.15, -0.1) is 0 Å². The maximum absolute atomic E-state index is 2.40. The molecule has 1 atom stereocenters. The first kappa shape index (κ1) is 27.4. The van der Waals surface area contributed by atoms with Crippen molar-refractivity contribution in [1.29, 1.82) is 0 Å². The molecule has 0 amide bonds. The van der Waals surface area contributed by atoms with E-state index >= 15 is 0 Å². The molecule has 1 heteroatoms. The topological polar surface area (TPSA) is 3.24 Å². The number of rotatable bonds is 5. The minimum Gasteiger partial charge on any atom is -0.310 e. The van der Waals surface area contributed by atoms with Crippen LogP contribution >= 0.6 is 0 Å². The molecule has 47 heavy (non-hydrogen) atoms. The summed E-state index contributed by atoms with van der Waals surface area (Å²) in [6.07, 6.45) is 0. The molecule has 0 N–H and O–H groups in total. The molecule has 0 fully saturated rings. The van der Waals surface area contributed by atoms with Crippen LogP contribution in [0.5, 0.6) is 0 Å². The summed E-state index contributed by atoms with van der Waals surface area (Å²) in [7, 11) is 0. The number of benzene rings is 8. The highest BCUT2D eigenvalue weighted by Gasteiger charge is 2.41. The van der Waals surface area contributed by atoms with Gasteiger partial charge in [0, 0.05) is 22.2 Å². The molecule has 1 aliphatic carbocycles. The van der Waals surface area contributed by atoms with Crippen LogP contribution in [0.3, 0.4) is 0 Å². The van der Waals surface area contributed by atoms with Crippen LogP contribution in [-0.2, 0) is 5.41 Å². The largest absolute Gasteiger partial charge is 0.310 e. The Kier molecular flexibility index (Phi) is 6.33. The standard InChI is InChI=1S/C46H33N/c1-46(36-17-3-2-4-18-36)42-22-10-9-20-41(42)45-40(21-12-23-43(45)46)34-26-28-37(29-27-34)47(38-30-25-32-13-5-6-15-35(32)31-38)44-24-11-16-33-14-7-8-19-39(33)44/h2-31H,1H3. The average molecular weight is 600 g/mol. The third-order valence-electron chi connectivity index (χ3n) is 10.1. The van der Waals surface area contributed by atoms with E-state index in [1.165, 1.54) is 66.2 Å². The van der Waals surface area contributed by atoms with Crippen molar-refractivity contribution in [3.63, 3.8) is 0 Å². The molecule has 0 saturated heterocycles. The van der Waals surface area contributed by atoms with Crippen molar-refractivity contribution in [3.8, 4) is 22.3 Å². The van der Waals surface area contributed by atoms with E-state index in [1.807, 2.05) is 0 Å². The molecule has 0 saturated carbocycles. The molecule has 0 aliphatic heterocycles. The van der Waals surface area contributed by atoms with Crippen molar-refractivity contribution in [2.24, 2.45) is 0 Å². The molecule has 1 aliphatic rings. The molecule has 8 aromatic carbocycles. The molecule has 0 heterocycles. The van der Waals surface area contributed by atoms with Crippen LogP contribution < -0.4 is 4.90 Å². The predicted octanol–water partition coefficient (Wildman–Crippen LogP) is 12.5. The van der Waals surface area contributed by atoms with E-state index in [0.717, 1.165) is 11.4 Å². The molecule has 0 spiro atoms. The Morgan fingerprint density at radius 1 is 0.426 bits per heavy atom. The summed E-state index contributed by atoms with van der Waals surface area (Å²) in [5, 5.41) is 4.93. The number of anilines is 3. The van der Waals surface area contributed by atoms with Crippen molar-refractivity contribution in [2.75, 3.05) is 4.90 Å². The van der Waals surface area contributed by atoms with Crippen molar-refractivity contribution in [3.05, 3.63) is 199 Å². The van der Waals surface area contributed by atoms with E-state index in [9.17, 15) is 0 Å². The van der Waals surface area contributed by atoms with Crippen LogP contribution in [0, 0.1) is 0 Å². The van der Waals surface area contributed by atoms with E-state index in [-0.39, 0.29) is 5.41 Å². The zero-order valence-corrected chi connectivity index (χ0v) is 26.3. The van der Waals surface area contributed by atoms with Gasteiger partial charge >= 0.3 is 0 Å². The van der Waals surface area contributed by atoms with Gasteiger partial charge in [-0.3, -0.25) is 0 Å². The molecule has 9 rings (SSSR count). The molecule has 1 nitrogen and oxygen atoms in total. The second-order valence-electron chi connectivity index (χ2n) is 12.7. The third-order valence-corrected chi connectivity index (χ3v) is 10.1. The molecule has 0 aromatic heterocycles. The normalized spacial score (nSPS) is 15.0. The molecular weight excluding hydrogens is 567 g/mol. The van der Waals surface area contributed by atoms with Crippen molar-refractivity contribution < 1.29 is 0 Å². The molecule has 0 bridgehead atoms. The Bertz CT molecular complexity index is 2420. The Labute approximate surface area is 276 Å². The first-order valence-corrected chi connectivity index (χ1v) is 16.4. The van der Waals surface area contributed by atoms with Gasteiger partial charge < -0.3 is 4.90 Å². The molecule has 222 valence electrons. The Hall–Kier alpha value is -5.92. The van der Waals surface area contributed by atoms with Crippen LogP contribution in [0.1, 0.15) is 23.6 Å². The summed E-state index contributed by atoms with van der Waals surface area (Å²) in [6, 6.07) is 66.5. The van der Waals surface area contributed by atoms with E-state index in [4.69, 9.17) is 0 Å². The maximum Gasteiger partial charge on any atom is 0.0540 e. The summed E-state index contributed by atoms with van der Waals surface area (Å²) in [5.74, 6) is 0. The first-order valence-electron chi connectivity index (χ1n) is 16.4. The first-order chi connectivity index (χ1) is 23.2. The van der Waals surface area contributed by atoms with Gasteiger partial charge in [-0.1, -0.05) is 152 Å². The minimum absolute atomic E-state index is 0.218. The van der Waals surface area contributed by atoms with E-state index in [0.29, 0.717) is 0 Å². The molecule has 8 aromatic rings. The highest BCUT2D eigenvalue weighted by atomic mass is 15.1. The highest BCUT2D eigenvalue weighted by molar-refractivity contribution is 6.00. The lowest BCUT2D eigenvalue weighted by Gasteiger charge is -2.28. The summed E-state index contributed by atoms with van der Waals surface area (Å²) in [6.45, 7) is 2.38. The van der Waals surface area contributed by atoms with Crippen LogP contribution in [0.4, 0.5) is 17.1 Å². The second kappa shape index (κ2) is 10.9. The quantitative estimate of drug-likeness (QED) is 0.190. The van der Waals surface area contributed by atoms with Crippen LogP contribution in [0.2, 0.25) is 0 Å². The Morgan fingerprint density at radius 2 is 1.04 bits per heavy atom. The van der Waals surface area contributed by atoms with Crippen LogP contribution in [-0.4, -0.2) is 0 Å². The summed E-state index contributed by atoms with van der Waals surface area (Å²) in [4.78, 5) is 2.40. The number of hydrogen-bond acceptors (Lipinski definition) is 1. The molecular formula is C46H33N. The van der Waals surface area contributed by atoms with Gasteiger partial charge in [-0.05, 0) is 92.4 Å². The fraction of sp³-hybridized carbons (Fsp3) is 0.0435. The molecule has 1 unspecified atom stereocenters. The SMILES string of the molecule is CC1(c2ccccc2)c2ccccc2-c2c(-c3ccc(N(c4ccc5ccccc5c4)c4cccc5ccccc45)cc3)cccc21. The van der Waals surface area contributed by atoms with Crippen molar-refractivity contribution >= 4 is 38.6 Å². The van der Waals surface area contributed by atoms with E-state index in [1.54, 1.807) is 0 Å². The van der Waals surface area contributed by atoms with Crippen LogP contribution in [0.25, 0.3) is 43.8 Å². The molecule has 0 radical (unpaired) electrons. The summed E-state index contributed by atoms with van der Waals surface area (Å²) in [5.41, 5.74) is 12.4. The van der Waals surface area contributed by atoms with E-state index in [2.05, 4.69) is 194 Å². The van der Waals surface area contributed by atoms with Gasteiger partial charge in [0.05, 0.1) is 5.69 Å². The van der Waals surface area contributed by atoms with Crippen molar-refractivity contribution in [2.45, 2.75) is 12.3 Å². The van der Waals surface area contributed by atoms with Crippen molar-refractivity contribution in [1.82, 2.24) is 0 Å². The highest BCUT2D eigenvalue weighted by Crippen LogP contribution is 2.55. The lowest BCUT2D eigenvalue weighted by atomic mass is 9.74. The van der Waals surface area contributed by atoms with Gasteiger partial charge in [0.25, 0.3) is 0 Å². The summed E-state index contributed by atoms with van der Waals surface area (Å²) >= 11 is 0. The van der Waals surface area contributed by atoms with Gasteiger partial charge in [0.15, 0.2) is 0 Å². The number of fused-ring (bicyclic) bond motifs is 5. The fourth-order valence-corrected chi connectivity index (χ4v) is 7.80. The second-order valence-corrected chi connectivity index (χ2v) is 12.7. The fourth-order valence-electron chi connectivity index (χ4n) is 7.80. The van der Waals surface area contributed by atoms with Gasteiger partial charge in [-0.25, -0.2) is 0 Å². The Morgan fingerprint density at radius 3 is 1.89 bits per heavy atom. The average Bonchev–Trinajstić information content (AvgIpc) is 3.41. The van der Waals surface area contributed by atoms with Gasteiger partial charge in [0.1, 0.15) is 0 Å². The van der Waals surface area contributed by atoms with Gasteiger partial charge in [-0.2, -0.15) is 0 Å².